The summed E-state index contributed by atoms with van der Waals surface area (Å²) in [6.07, 6.45) is 0. The summed E-state index contributed by atoms with van der Waals surface area (Å²) in [7, 11) is 0. The Hall–Kier alpha value is -6.91. The van der Waals surface area contributed by atoms with Crippen LogP contribution < -0.4 is 30.6 Å². The molecule has 0 unspecified atom stereocenters. The van der Waals surface area contributed by atoms with Crippen molar-refractivity contribution < 1.29 is 14.2 Å². The summed E-state index contributed by atoms with van der Waals surface area (Å²) in [6, 6.07) is 45.9. The summed E-state index contributed by atoms with van der Waals surface area (Å²) in [6.45, 7) is 7.47. The molecule has 2 aromatic heterocycles. The highest BCUT2D eigenvalue weighted by atomic mass is 16.5. The van der Waals surface area contributed by atoms with Crippen LogP contribution in [-0.4, -0.2) is 15.8 Å². The van der Waals surface area contributed by atoms with Crippen molar-refractivity contribution in [1.29, 1.82) is 0 Å². The second-order valence-corrected chi connectivity index (χ2v) is 13.1. The number of fused-ring (bicyclic) bond motifs is 7. The zero-order valence-corrected chi connectivity index (χ0v) is 26.3. The van der Waals surface area contributed by atoms with Gasteiger partial charge in [-0.25, -0.2) is 4.85 Å². The van der Waals surface area contributed by atoms with Gasteiger partial charge in [-0.15, -0.1) is 0 Å². The molecule has 0 aliphatic carbocycles. The Labute approximate surface area is 285 Å². The van der Waals surface area contributed by atoms with Crippen molar-refractivity contribution in [2.24, 2.45) is 0 Å². The smallest absolute Gasteiger partial charge is 0.270 e. The zero-order valence-electron chi connectivity index (χ0n) is 26.3. The second kappa shape index (κ2) is 9.16. The van der Waals surface area contributed by atoms with Crippen molar-refractivity contribution in [2.75, 3.05) is 0 Å². The van der Waals surface area contributed by atoms with Crippen LogP contribution in [0.1, 0.15) is 0 Å². The van der Waals surface area contributed by atoms with E-state index in [1.54, 1.807) is 0 Å². The third-order valence-electron chi connectivity index (χ3n) is 10.6. The maximum atomic E-state index is 7.51. The highest BCUT2D eigenvalue weighted by Gasteiger charge is 2.46. The molecule has 0 fully saturated rings. The first-order valence-corrected chi connectivity index (χ1v) is 16.7. The summed E-state index contributed by atoms with van der Waals surface area (Å²) >= 11 is 0. The Morgan fingerprint density at radius 3 is 1.66 bits per heavy atom. The molecule has 0 saturated carbocycles. The van der Waals surface area contributed by atoms with Crippen molar-refractivity contribution in [3.05, 3.63) is 145 Å². The molecule has 3 aliphatic rings. The van der Waals surface area contributed by atoms with E-state index in [0.717, 1.165) is 95.1 Å². The van der Waals surface area contributed by atoms with Gasteiger partial charge in [-0.3, -0.25) is 0 Å². The fourth-order valence-electron chi connectivity index (χ4n) is 8.66. The molecular formula is C43H22BN3O3. The Kier molecular flexibility index (Phi) is 4.78. The molecule has 9 aromatic rings. The molecule has 0 N–H and O–H groups in total. The van der Waals surface area contributed by atoms with E-state index in [-0.39, 0.29) is 6.71 Å². The van der Waals surface area contributed by atoms with E-state index < -0.39 is 0 Å². The van der Waals surface area contributed by atoms with Crippen LogP contribution in [0.3, 0.4) is 0 Å². The first kappa shape index (κ1) is 26.1. The molecule has 0 spiro atoms. The quantitative estimate of drug-likeness (QED) is 0.140. The van der Waals surface area contributed by atoms with Crippen molar-refractivity contribution >= 4 is 72.4 Å². The van der Waals surface area contributed by atoms with E-state index in [2.05, 4.69) is 86.8 Å². The number of rotatable bonds is 2. The minimum Gasteiger partial charge on any atom is -0.458 e. The number of nitrogens with zero attached hydrogens (tertiary/aromatic N) is 3. The Morgan fingerprint density at radius 1 is 0.460 bits per heavy atom. The Balaban J connectivity index is 1.17. The van der Waals surface area contributed by atoms with Gasteiger partial charge in [0.1, 0.15) is 34.5 Å². The molecule has 0 saturated heterocycles. The number of hydrogen-bond acceptors (Lipinski definition) is 3. The lowest BCUT2D eigenvalue weighted by Crippen LogP contribution is -2.59. The summed E-state index contributed by atoms with van der Waals surface area (Å²) in [5.74, 6) is 4.84. The van der Waals surface area contributed by atoms with E-state index in [9.17, 15) is 0 Å². The molecule has 5 heterocycles. The van der Waals surface area contributed by atoms with E-state index >= 15 is 0 Å². The van der Waals surface area contributed by atoms with Gasteiger partial charge in [0.25, 0.3) is 6.71 Å². The van der Waals surface area contributed by atoms with Crippen LogP contribution in [0.5, 0.6) is 34.5 Å². The molecule has 230 valence electrons. The third-order valence-corrected chi connectivity index (χ3v) is 10.6. The van der Waals surface area contributed by atoms with E-state index in [1.165, 1.54) is 10.8 Å². The molecule has 6 nitrogen and oxygen atoms in total. The fraction of sp³-hybridized carbons (Fsp3) is 0. The molecule has 7 aromatic carbocycles. The summed E-state index contributed by atoms with van der Waals surface area (Å²) in [4.78, 5) is 3.64. The SMILES string of the molecule is [C-]#[N+]c1ccc(-n2c3ccccc3c3ccc4c(c5ccccc5n4-c4cc5c6c(c4)Oc4cccc7c4B6c4c(cccc4O5)O7)c32)cc1. The maximum absolute atomic E-state index is 7.51. The zero-order chi connectivity index (χ0) is 32.7. The summed E-state index contributed by atoms with van der Waals surface area (Å²) in [5, 5.41) is 4.67. The summed E-state index contributed by atoms with van der Waals surface area (Å²) in [5.41, 5.74) is 10.1. The van der Waals surface area contributed by atoms with Gasteiger partial charge < -0.3 is 23.3 Å². The topological polar surface area (TPSA) is 41.9 Å². The molecule has 7 heteroatoms. The van der Waals surface area contributed by atoms with Crippen LogP contribution in [-0.2, 0) is 0 Å². The minimum absolute atomic E-state index is 0.0366. The second-order valence-electron chi connectivity index (χ2n) is 13.1. The number of para-hydroxylation sites is 2. The van der Waals surface area contributed by atoms with Gasteiger partial charge in [0, 0.05) is 55.8 Å². The third kappa shape index (κ3) is 3.18. The normalized spacial score (nSPS) is 13.2. The lowest BCUT2D eigenvalue weighted by Gasteiger charge is -2.37. The van der Waals surface area contributed by atoms with Crippen LogP contribution in [0.15, 0.2) is 133 Å². The van der Waals surface area contributed by atoms with Gasteiger partial charge in [0.2, 0.25) is 0 Å². The van der Waals surface area contributed by atoms with Crippen LogP contribution in [0.25, 0.3) is 59.8 Å². The highest BCUT2D eigenvalue weighted by Crippen LogP contribution is 2.45. The average molecular weight is 639 g/mol. The van der Waals surface area contributed by atoms with Crippen molar-refractivity contribution in [2.45, 2.75) is 0 Å². The van der Waals surface area contributed by atoms with Gasteiger partial charge in [0.05, 0.1) is 34.3 Å². The van der Waals surface area contributed by atoms with E-state index in [0.29, 0.717) is 5.69 Å². The van der Waals surface area contributed by atoms with Crippen molar-refractivity contribution in [3.8, 4) is 45.9 Å². The van der Waals surface area contributed by atoms with Crippen LogP contribution in [0.2, 0.25) is 0 Å². The molecule has 3 aliphatic heterocycles. The van der Waals surface area contributed by atoms with Crippen molar-refractivity contribution in [3.63, 3.8) is 0 Å². The lowest BCUT2D eigenvalue weighted by molar-refractivity contribution is 0.442. The molecule has 0 amide bonds. The first-order valence-electron chi connectivity index (χ1n) is 16.7. The molecule has 0 radical (unpaired) electrons. The monoisotopic (exact) mass is 639 g/mol. The molecule has 12 rings (SSSR count). The van der Waals surface area contributed by atoms with Crippen LogP contribution in [0, 0.1) is 6.57 Å². The van der Waals surface area contributed by atoms with Gasteiger partial charge in [-0.05, 0) is 54.6 Å². The van der Waals surface area contributed by atoms with Gasteiger partial charge in [0.15, 0.2) is 5.69 Å². The molecule has 0 atom stereocenters. The number of ether oxygens (including phenoxy) is 3. The Bertz CT molecular complexity index is 2960. The predicted octanol–water partition coefficient (Wildman–Crippen LogP) is 9.26. The minimum atomic E-state index is -0.0366. The van der Waals surface area contributed by atoms with Crippen LogP contribution >= 0.6 is 0 Å². The van der Waals surface area contributed by atoms with Crippen LogP contribution in [0.4, 0.5) is 5.69 Å². The lowest BCUT2D eigenvalue weighted by atomic mass is 9.34. The van der Waals surface area contributed by atoms with Gasteiger partial charge in [-0.2, -0.15) is 0 Å². The fourth-order valence-corrected chi connectivity index (χ4v) is 8.66. The van der Waals surface area contributed by atoms with Gasteiger partial charge in [-0.1, -0.05) is 66.7 Å². The summed E-state index contributed by atoms with van der Waals surface area (Å²) < 4.78 is 24.5. The maximum Gasteiger partial charge on any atom is 0.270 e. The molecular weight excluding hydrogens is 617 g/mol. The highest BCUT2D eigenvalue weighted by molar-refractivity contribution is 6.99. The van der Waals surface area contributed by atoms with E-state index in [4.69, 9.17) is 20.8 Å². The average Bonchev–Trinajstić information content (AvgIpc) is 3.68. The largest absolute Gasteiger partial charge is 0.458 e. The number of hydrogen-bond donors (Lipinski definition) is 0. The predicted molar refractivity (Wildman–Crippen MR) is 199 cm³/mol. The van der Waals surface area contributed by atoms with Gasteiger partial charge >= 0.3 is 0 Å². The first-order chi connectivity index (χ1) is 24.7. The molecule has 0 bridgehead atoms. The van der Waals surface area contributed by atoms with E-state index in [1.807, 2.05) is 60.7 Å². The Morgan fingerprint density at radius 2 is 1.02 bits per heavy atom. The number of aromatic nitrogens is 2. The standard InChI is InChI=1S/C43H22BN3O3/c1-45-24-16-18-25(19-17-24)47-30-10-4-2-8-27(30)28-20-21-32-39(43(28)47)29-9-3-5-11-31(29)46(32)26-22-37-42-38(23-26)50-36-15-7-13-34-41(36)44(42)40-33(48-34)12-6-14-35(40)49-37/h2-23H. The molecule has 50 heavy (non-hydrogen) atoms. The number of benzene rings is 7. The van der Waals surface area contributed by atoms with Crippen molar-refractivity contribution in [1.82, 2.24) is 9.13 Å².